The summed E-state index contributed by atoms with van der Waals surface area (Å²) in [6.45, 7) is 4.07. The number of nitrogens with zero attached hydrogens (tertiary/aromatic N) is 2. The van der Waals surface area contributed by atoms with Gasteiger partial charge in [-0.15, -0.1) is 0 Å². The van der Waals surface area contributed by atoms with E-state index >= 15 is 0 Å². The third-order valence-electron chi connectivity index (χ3n) is 3.66. The highest BCUT2D eigenvalue weighted by molar-refractivity contribution is 5.42. The number of anilines is 1. The van der Waals surface area contributed by atoms with E-state index in [1.54, 1.807) is 0 Å². The molecule has 1 heterocycles. The number of rotatable bonds is 3. The van der Waals surface area contributed by atoms with Crippen molar-refractivity contribution in [3.63, 3.8) is 0 Å². The SMILES string of the molecule is CCc1cc(NC2Cc3ccccc3C2)nc(C)n1. The van der Waals surface area contributed by atoms with Gasteiger partial charge in [-0.2, -0.15) is 0 Å². The lowest BCUT2D eigenvalue weighted by Gasteiger charge is -2.13. The molecule has 0 saturated carbocycles. The second kappa shape index (κ2) is 5.00. The van der Waals surface area contributed by atoms with Crippen LogP contribution >= 0.6 is 0 Å². The topological polar surface area (TPSA) is 37.8 Å². The Labute approximate surface area is 114 Å². The minimum absolute atomic E-state index is 0.455. The maximum atomic E-state index is 4.49. The smallest absolute Gasteiger partial charge is 0.130 e. The number of aryl methyl sites for hydroxylation is 2. The zero-order chi connectivity index (χ0) is 13.2. The van der Waals surface area contributed by atoms with Gasteiger partial charge in [-0.05, 0) is 37.3 Å². The fourth-order valence-electron chi connectivity index (χ4n) is 2.75. The average molecular weight is 253 g/mol. The van der Waals surface area contributed by atoms with Gasteiger partial charge in [-0.25, -0.2) is 9.97 Å². The fraction of sp³-hybridized carbons (Fsp3) is 0.375. The Morgan fingerprint density at radius 2 is 1.84 bits per heavy atom. The van der Waals surface area contributed by atoms with Crippen LogP contribution in [0.25, 0.3) is 0 Å². The van der Waals surface area contributed by atoms with Gasteiger partial charge < -0.3 is 5.32 Å². The molecule has 0 radical (unpaired) electrons. The van der Waals surface area contributed by atoms with Gasteiger partial charge in [0, 0.05) is 17.8 Å². The minimum Gasteiger partial charge on any atom is -0.367 e. The van der Waals surface area contributed by atoms with Gasteiger partial charge >= 0.3 is 0 Å². The van der Waals surface area contributed by atoms with Gasteiger partial charge in [0.1, 0.15) is 11.6 Å². The maximum absolute atomic E-state index is 4.49. The number of benzene rings is 1. The van der Waals surface area contributed by atoms with Crippen molar-refractivity contribution in [3.8, 4) is 0 Å². The molecule has 2 aromatic rings. The number of hydrogen-bond acceptors (Lipinski definition) is 3. The van der Waals surface area contributed by atoms with Crippen molar-refractivity contribution in [2.45, 2.75) is 39.2 Å². The molecule has 19 heavy (non-hydrogen) atoms. The molecule has 3 rings (SSSR count). The van der Waals surface area contributed by atoms with Gasteiger partial charge in [0.15, 0.2) is 0 Å². The molecular formula is C16H19N3. The van der Waals surface area contributed by atoms with Crippen LogP contribution in [0.1, 0.15) is 29.6 Å². The fourth-order valence-corrected chi connectivity index (χ4v) is 2.75. The third kappa shape index (κ3) is 2.60. The van der Waals surface area contributed by atoms with Crippen LogP contribution < -0.4 is 5.32 Å². The summed E-state index contributed by atoms with van der Waals surface area (Å²) in [4.78, 5) is 8.90. The summed E-state index contributed by atoms with van der Waals surface area (Å²) < 4.78 is 0. The van der Waals surface area contributed by atoms with Crippen molar-refractivity contribution in [1.82, 2.24) is 9.97 Å². The molecule has 1 aliphatic carbocycles. The Kier molecular flexibility index (Phi) is 3.20. The Balaban J connectivity index is 1.75. The molecule has 1 aromatic carbocycles. The minimum atomic E-state index is 0.455. The molecule has 0 bridgehead atoms. The molecule has 0 saturated heterocycles. The zero-order valence-corrected chi connectivity index (χ0v) is 11.5. The standard InChI is InChI=1S/C16H19N3/c1-3-14-10-16(18-11(2)17-14)19-15-8-12-6-4-5-7-13(12)9-15/h4-7,10,15H,3,8-9H2,1-2H3,(H,17,18,19). The summed E-state index contributed by atoms with van der Waals surface area (Å²) in [6, 6.07) is 11.2. The molecule has 0 amide bonds. The van der Waals surface area contributed by atoms with Crippen molar-refractivity contribution >= 4 is 5.82 Å². The Bertz CT molecular complexity index is 567. The Hall–Kier alpha value is -1.90. The first kappa shape index (κ1) is 12.2. The predicted octanol–water partition coefficient (Wildman–Crippen LogP) is 2.93. The van der Waals surface area contributed by atoms with E-state index in [9.17, 15) is 0 Å². The molecule has 1 aliphatic rings. The Morgan fingerprint density at radius 3 is 2.47 bits per heavy atom. The van der Waals surface area contributed by atoms with Gasteiger partial charge in [0.25, 0.3) is 0 Å². The predicted molar refractivity (Wildman–Crippen MR) is 77.4 cm³/mol. The van der Waals surface area contributed by atoms with Crippen LogP contribution in [0.2, 0.25) is 0 Å². The molecule has 0 aliphatic heterocycles. The van der Waals surface area contributed by atoms with Crippen molar-refractivity contribution in [1.29, 1.82) is 0 Å². The van der Waals surface area contributed by atoms with E-state index in [0.717, 1.165) is 36.6 Å². The molecule has 98 valence electrons. The van der Waals surface area contributed by atoms with E-state index in [-0.39, 0.29) is 0 Å². The van der Waals surface area contributed by atoms with Gasteiger partial charge in [-0.1, -0.05) is 31.2 Å². The first-order chi connectivity index (χ1) is 9.24. The van der Waals surface area contributed by atoms with E-state index in [1.165, 1.54) is 11.1 Å². The number of hydrogen-bond donors (Lipinski definition) is 1. The van der Waals surface area contributed by atoms with Crippen LogP contribution in [-0.2, 0) is 19.3 Å². The maximum Gasteiger partial charge on any atom is 0.130 e. The van der Waals surface area contributed by atoms with Crippen LogP contribution in [0.4, 0.5) is 5.82 Å². The third-order valence-corrected chi connectivity index (χ3v) is 3.66. The molecule has 1 aromatic heterocycles. The lowest BCUT2D eigenvalue weighted by Crippen LogP contribution is -2.20. The summed E-state index contributed by atoms with van der Waals surface area (Å²) in [7, 11) is 0. The summed E-state index contributed by atoms with van der Waals surface area (Å²) in [5.41, 5.74) is 4.02. The monoisotopic (exact) mass is 253 g/mol. The van der Waals surface area contributed by atoms with Crippen molar-refractivity contribution in [2.24, 2.45) is 0 Å². The normalized spacial score (nSPS) is 14.4. The second-order valence-electron chi connectivity index (χ2n) is 5.16. The Morgan fingerprint density at radius 1 is 1.16 bits per heavy atom. The molecule has 0 spiro atoms. The highest BCUT2D eigenvalue weighted by atomic mass is 15.0. The van der Waals surface area contributed by atoms with Crippen molar-refractivity contribution in [3.05, 3.63) is 53.0 Å². The molecule has 0 fully saturated rings. The summed E-state index contributed by atoms with van der Waals surface area (Å²) in [5, 5.41) is 3.55. The van der Waals surface area contributed by atoms with Gasteiger partial charge in [0.05, 0.1) is 0 Å². The van der Waals surface area contributed by atoms with E-state index in [0.29, 0.717) is 6.04 Å². The number of fused-ring (bicyclic) bond motifs is 1. The van der Waals surface area contributed by atoms with Crippen LogP contribution in [0.3, 0.4) is 0 Å². The zero-order valence-electron chi connectivity index (χ0n) is 11.5. The van der Waals surface area contributed by atoms with E-state index in [4.69, 9.17) is 0 Å². The lowest BCUT2D eigenvalue weighted by atomic mass is 10.1. The molecule has 0 atom stereocenters. The van der Waals surface area contributed by atoms with Crippen molar-refractivity contribution in [2.75, 3.05) is 5.32 Å². The molecule has 0 unspecified atom stereocenters. The van der Waals surface area contributed by atoms with E-state index in [2.05, 4.69) is 52.5 Å². The first-order valence-corrected chi connectivity index (χ1v) is 6.92. The van der Waals surface area contributed by atoms with Gasteiger partial charge in [0.2, 0.25) is 0 Å². The van der Waals surface area contributed by atoms with Crippen LogP contribution in [-0.4, -0.2) is 16.0 Å². The molecular weight excluding hydrogens is 234 g/mol. The summed E-state index contributed by atoms with van der Waals surface area (Å²) >= 11 is 0. The largest absolute Gasteiger partial charge is 0.367 e. The molecule has 3 heteroatoms. The highest BCUT2D eigenvalue weighted by Crippen LogP contribution is 2.24. The summed E-state index contributed by atoms with van der Waals surface area (Å²) in [5.74, 6) is 1.81. The number of nitrogens with one attached hydrogen (secondary N) is 1. The lowest BCUT2D eigenvalue weighted by molar-refractivity contribution is 0.764. The van der Waals surface area contributed by atoms with Crippen LogP contribution in [0, 0.1) is 6.92 Å². The van der Waals surface area contributed by atoms with Gasteiger partial charge in [-0.3, -0.25) is 0 Å². The molecule has 1 N–H and O–H groups in total. The second-order valence-corrected chi connectivity index (χ2v) is 5.16. The van der Waals surface area contributed by atoms with Crippen molar-refractivity contribution < 1.29 is 0 Å². The highest BCUT2D eigenvalue weighted by Gasteiger charge is 2.21. The van der Waals surface area contributed by atoms with E-state index < -0.39 is 0 Å². The van der Waals surface area contributed by atoms with Crippen LogP contribution in [0.5, 0.6) is 0 Å². The van der Waals surface area contributed by atoms with Crippen LogP contribution in [0.15, 0.2) is 30.3 Å². The number of aromatic nitrogens is 2. The first-order valence-electron chi connectivity index (χ1n) is 6.92. The average Bonchev–Trinajstić information content (AvgIpc) is 2.80. The van der Waals surface area contributed by atoms with E-state index in [1.807, 2.05) is 6.92 Å². The quantitative estimate of drug-likeness (QED) is 0.914. The summed E-state index contributed by atoms with van der Waals surface area (Å²) in [6.07, 6.45) is 3.12. The molecule has 3 nitrogen and oxygen atoms in total.